The van der Waals surface area contributed by atoms with Crippen molar-refractivity contribution in [3.63, 3.8) is 0 Å². The molecule has 0 bridgehead atoms. The molecule has 13 nitrogen and oxygen atoms in total. The first kappa shape index (κ1) is 57.5. The smallest absolute Gasteiger partial charge is 0.226 e. The summed E-state index contributed by atoms with van der Waals surface area (Å²) >= 11 is 1.56. The first-order valence-corrected chi connectivity index (χ1v) is 25.8. The van der Waals surface area contributed by atoms with Crippen LogP contribution < -0.4 is 5.73 Å². The SMILES string of the molecule is CC[C@H](C)[C@@H]([C@@H](CC(=O)N1CCC[C@H]1C(OC)[C@@H](C)C(=O)C[C@@H](Cc1ccccc1)c1nccs1)OC)N(C)C(=O)[C@@H](CC(=O)[C@H](C(C)C)N(C)C(=O)CCC(=O)[C@@H](C)CCCCN)C(C)C. The lowest BCUT2D eigenvalue weighted by Gasteiger charge is -2.41. The molecule has 2 N–H and O–H groups in total. The number of carbonyl (C=O) groups excluding carboxylic acids is 6. The summed E-state index contributed by atoms with van der Waals surface area (Å²) in [5.74, 6) is -2.63. The largest absolute Gasteiger partial charge is 0.379 e. The number of unbranched alkanes of at least 4 members (excludes halogenated alkanes) is 1. The number of carbonyl (C=O) groups is 6. The molecule has 0 spiro atoms. The molecule has 0 aliphatic carbocycles. The number of rotatable bonds is 31. The summed E-state index contributed by atoms with van der Waals surface area (Å²) in [5.41, 5.74) is 6.75. The minimum absolute atomic E-state index is 0.0149. The zero-order chi connectivity index (χ0) is 50.0. The molecule has 3 rings (SSSR count). The van der Waals surface area contributed by atoms with Crippen LogP contribution in [0.5, 0.6) is 0 Å². The Labute approximate surface area is 406 Å². The lowest BCUT2D eigenvalue weighted by Crippen LogP contribution is -2.54. The summed E-state index contributed by atoms with van der Waals surface area (Å²) in [6, 6.07) is 8.56. The Bertz CT molecular complexity index is 1840. The number of benzene rings is 1. The Balaban J connectivity index is 1.76. The van der Waals surface area contributed by atoms with Gasteiger partial charge in [0.1, 0.15) is 11.6 Å². The topological polar surface area (TPSA) is 170 Å². The van der Waals surface area contributed by atoms with Crippen LogP contribution in [0.1, 0.15) is 143 Å². The number of hydrogen-bond donors (Lipinski definition) is 1. The van der Waals surface area contributed by atoms with Crippen molar-refractivity contribution >= 4 is 46.4 Å². The number of ketones is 3. The van der Waals surface area contributed by atoms with E-state index < -0.39 is 36.1 Å². The maximum atomic E-state index is 14.7. The van der Waals surface area contributed by atoms with Gasteiger partial charge in [0.15, 0.2) is 5.78 Å². The molecule has 10 atom stereocenters. The number of methoxy groups -OCH3 is 2. The van der Waals surface area contributed by atoms with Crippen molar-refractivity contribution in [1.29, 1.82) is 0 Å². The molecule has 1 aliphatic heterocycles. The van der Waals surface area contributed by atoms with Crippen molar-refractivity contribution in [2.24, 2.45) is 41.2 Å². The predicted molar refractivity (Wildman–Crippen MR) is 266 cm³/mol. The Kier molecular flexibility index (Phi) is 24.5. The van der Waals surface area contributed by atoms with Gasteiger partial charge < -0.3 is 29.9 Å². The highest BCUT2D eigenvalue weighted by molar-refractivity contribution is 7.09. The van der Waals surface area contributed by atoms with E-state index in [9.17, 15) is 28.8 Å². The van der Waals surface area contributed by atoms with Gasteiger partial charge in [-0.2, -0.15) is 0 Å². The van der Waals surface area contributed by atoms with E-state index in [2.05, 4.69) is 17.1 Å². The Hall–Kier alpha value is -3.85. The van der Waals surface area contributed by atoms with Crippen LogP contribution in [0.3, 0.4) is 0 Å². The van der Waals surface area contributed by atoms with Crippen molar-refractivity contribution < 1.29 is 38.2 Å². The third-order valence-electron chi connectivity index (χ3n) is 14.5. The fraction of sp³-hybridized carbons (Fsp3) is 0.717. The molecule has 1 fully saturated rings. The number of nitrogens with zero attached hydrogens (tertiary/aromatic N) is 4. The van der Waals surface area contributed by atoms with Crippen LogP contribution in [0.4, 0.5) is 0 Å². The average molecular weight is 952 g/mol. The summed E-state index contributed by atoms with van der Waals surface area (Å²) in [7, 11) is 6.53. The second-order valence-corrected chi connectivity index (χ2v) is 20.8. The number of likely N-dealkylation sites (N-methyl/N-ethyl adjacent to an activating group) is 2. The lowest BCUT2D eigenvalue weighted by atomic mass is 9.83. The van der Waals surface area contributed by atoms with Gasteiger partial charge in [-0.3, -0.25) is 28.8 Å². The summed E-state index contributed by atoms with van der Waals surface area (Å²) in [4.78, 5) is 93.4. The average Bonchev–Trinajstić information content (AvgIpc) is 4.03. The van der Waals surface area contributed by atoms with Crippen LogP contribution >= 0.6 is 11.3 Å². The zero-order valence-electron chi connectivity index (χ0n) is 42.9. The van der Waals surface area contributed by atoms with E-state index >= 15 is 0 Å². The minimum atomic E-state index is -0.769. The van der Waals surface area contributed by atoms with E-state index in [0.717, 1.165) is 36.3 Å². The Morgan fingerprint density at radius 3 is 2.10 bits per heavy atom. The number of hydrogen-bond acceptors (Lipinski definition) is 11. The highest BCUT2D eigenvalue weighted by Crippen LogP contribution is 2.34. The normalized spacial score (nSPS) is 18.1. The van der Waals surface area contributed by atoms with Crippen molar-refractivity contribution in [3.8, 4) is 0 Å². The molecule has 2 heterocycles. The first-order chi connectivity index (χ1) is 31.8. The number of likely N-dealkylation sites (tertiary alicyclic amines) is 1. The molecular formula is C53H85N5O8S. The predicted octanol–water partition coefficient (Wildman–Crippen LogP) is 8.18. The van der Waals surface area contributed by atoms with Gasteiger partial charge in [0.25, 0.3) is 0 Å². The number of ether oxygens (including phenoxy) is 2. The molecule has 1 saturated heterocycles. The standard InChI is InChI=1S/C53H85N5O8S/c1-13-36(6)50(57(10)53(64)41(34(2)3)32-45(61)49(35(4)5)56(9)47(62)25-24-43(59)37(7)20-17-18-26-54)46(65-11)33-48(63)58-28-19-23-42(58)51(66-12)38(8)44(60)31-40(52-55-27-29-67-52)30-39-21-15-14-16-22-39/h14-16,21-22,27,29,34-38,40-42,46,49-51H,13,17-20,23-26,28,30-33,54H2,1-12H3/t36-,37-,38-,40+,41-,42-,46+,49-,50-,51?/m0/s1. The Morgan fingerprint density at radius 2 is 1.54 bits per heavy atom. The van der Waals surface area contributed by atoms with Crippen LogP contribution in [0.25, 0.3) is 0 Å². The fourth-order valence-electron chi connectivity index (χ4n) is 10.2. The van der Waals surface area contributed by atoms with Crippen LogP contribution in [0.2, 0.25) is 0 Å². The number of Topliss-reactive ketones (excluding diaryl/α,β-unsaturated/α-hetero) is 3. The molecule has 1 aliphatic rings. The molecule has 0 radical (unpaired) electrons. The second-order valence-electron chi connectivity index (χ2n) is 19.9. The van der Waals surface area contributed by atoms with Crippen molar-refractivity contribution in [2.75, 3.05) is 41.4 Å². The van der Waals surface area contributed by atoms with E-state index in [1.54, 1.807) is 50.7 Å². The van der Waals surface area contributed by atoms with Crippen molar-refractivity contribution in [1.82, 2.24) is 19.7 Å². The molecule has 0 saturated carbocycles. The van der Waals surface area contributed by atoms with Gasteiger partial charge in [0.2, 0.25) is 17.7 Å². The molecule has 3 amide bonds. The van der Waals surface area contributed by atoms with E-state index in [-0.39, 0.29) is 96.4 Å². The fourth-order valence-corrected chi connectivity index (χ4v) is 10.9. The van der Waals surface area contributed by atoms with Gasteiger partial charge in [-0.15, -0.1) is 11.3 Å². The van der Waals surface area contributed by atoms with Gasteiger partial charge in [0, 0.05) is 95.8 Å². The third-order valence-corrected chi connectivity index (χ3v) is 15.4. The van der Waals surface area contributed by atoms with Crippen LogP contribution in [-0.2, 0) is 44.7 Å². The Morgan fingerprint density at radius 1 is 0.851 bits per heavy atom. The summed E-state index contributed by atoms with van der Waals surface area (Å²) < 4.78 is 12.2. The number of nitrogens with two attached hydrogens (primary N) is 1. The monoisotopic (exact) mass is 952 g/mol. The maximum absolute atomic E-state index is 14.7. The zero-order valence-corrected chi connectivity index (χ0v) is 43.7. The molecular weight excluding hydrogens is 867 g/mol. The van der Waals surface area contributed by atoms with Gasteiger partial charge in [0.05, 0.1) is 41.8 Å². The number of aromatic nitrogens is 1. The van der Waals surface area contributed by atoms with Crippen LogP contribution in [0.15, 0.2) is 41.9 Å². The summed E-state index contributed by atoms with van der Waals surface area (Å²) in [6.07, 6.45) is 6.30. The highest BCUT2D eigenvalue weighted by atomic mass is 32.1. The quantitative estimate of drug-likeness (QED) is 0.0728. The van der Waals surface area contributed by atoms with Crippen molar-refractivity contribution in [3.05, 3.63) is 52.5 Å². The molecule has 376 valence electrons. The highest BCUT2D eigenvalue weighted by Gasteiger charge is 2.44. The van der Waals surface area contributed by atoms with E-state index in [1.165, 1.54) is 4.90 Å². The molecule has 1 aromatic heterocycles. The first-order valence-electron chi connectivity index (χ1n) is 24.9. The molecule has 2 aromatic rings. The molecule has 14 heteroatoms. The van der Waals surface area contributed by atoms with Gasteiger partial charge in [-0.25, -0.2) is 4.98 Å². The third kappa shape index (κ3) is 16.4. The summed E-state index contributed by atoms with van der Waals surface area (Å²) in [5, 5.41) is 2.86. The van der Waals surface area contributed by atoms with Gasteiger partial charge in [-0.05, 0) is 62.0 Å². The number of thiazole rings is 1. The molecule has 67 heavy (non-hydrogen) atoms. The van der Waals surface area contributed by atoms with Crippen LogP contribution in [-0.4, -0.2) is 126 Å². The van der Waals surface area contributed by atoms with Gasteiger partial charge in [-0.1, -0.05) is 98.6 Å². The lowest BCUT2D eigenvalue weighted by molar-refractivity contribution is -0.149. The molecule has 1 aromatic carbocycles. The van der Waals surface area contributed by atoms with Gasteiger partial charge >= 0.3 is 0 Å². The second kappa shape index (κ2) is 28.6. The minimum Gasteiger partial charge on any atom is -0.379 e. The van der Waals surface area contributed by atoms with E-state index in [4.69, 9.17) is 15.2 Å². The summed E-state index contributed by atoms with van der Waals surface area (Å²) in [6.45, 7) is 16.6. The van der Waals surface area contributed by atoms with Crippen LogP contribution in [0, 0.1) is 35.5 Å². The maximum Gasteiger partial charge on any atom is 0.226 e. The van der Waals surface area contributed by atoms with E-state index in [1.807, 2.05) is 83.9 Å². The molecule has 1 unspecified atom stereocenters. The number of amides is 3. The van der Waals surface area contributed by atoms with Crippen molar-refractivity contribution in [2.45, 2.75) is 169 Å². The van der Waals surface area contributed by atoms with E-state index in [0.29, 0.717) is 38.8 Å².